The molecule has 0 saturated heterocycles. The van der Waals surface area contributed by atoms with E-state index in [0.717, 1.165) is 16.8 Å². The first kappa shape index (κ1) is 12.9. The number of hydrogen-bond acceptors (Lipinski definition) is 4. The van der Waals surface area contributed by atoms with Crippen LogP contribution in [-0.2, 0) is 0 Å². The summed E-state index contributed by atoms with van der Waals surface area (Å²) in [6.45, 7) is 0. The lowest BCUT2D eigenvalue weighted by molar-refractivity contribution is 0.142. The van der Waals surface area contributed by atoms with E-state index < -0.39 is 6.16 Å². The van der Waals surface area contributed by atoms with Gasteiger partial charge in [-0.05, 0) is 23.3 Å². The van der Waals surface area contributed by atoms with Crippen molar-refractivity contribution >= 4 is 6.16 Å². The highest BCUT2D eigenvalue weighted by Gasteiger charge is 2.07. The lowest BCUT2D eigenvalue weighted by atomic mass is 10.1. The second-order valence-corrected chi connectivity index (χ2v) is 4.28. The van der Waals surface area contributed by atoms with E-state index in [1.807, 2.05) is 54.6 Å². The molecule has 3 rings (SSSR count). The predicted octanol–water partition coefficient (Wildman–Crippen LogP) is 2.99. The van der Waals surface area contributed by atoms with E-state index in [4.69, 9.17) is 5.11 Å². The fourth-order valence-electron chi connectivity index (χ4n) is 1.95. The first-order valence-electron chi connectivity index (χ1n) is 6.21. The highest BCUT2D eigenvalue weighted by atomic mass is 16.7. The Balaban J connectivity index is 1.84. The first-order chi connectivity index (χ1) is 10.2. The van der Waals surface area contributed by atoms with Crippen LogP contribution in [0, 0.1) is 0 Å². The number of hydrogen-bond donors (Lipinski definition) is 1. The molecule has 6 heteroatoms. The Morgan fingerprint density at radius 3 is 2.33 bits per heavy atom. The summed E-state index contributed by atoms with van der Waals surface area (Å²) in [7, 11) is 0. The molecular weight excluding hydrogens is 270 g/mol. The summed E-state index contributed by atoms with van der Waals surface area (Å²) in [5.41, 5.74) is 2.97. The summed E-state index contributed by atoms with van der Waals surface area (Å²) in [4.78, 5) is 10.4. The van der Waals surface area contributed by atoms with E-state index in [9.17, 15) is 4.79 Å². The third kappa shape index (κ3) is 2.89. The summed E-state index contributed by atoms with van der Waals surface area (Å²) in [6.07, 6.45) is -0.00692. The molecule has 0 atom stereocenters. The topological polar surface area (TPSA) is 77.2 Å². The molecule has 0 bridgehead atoms. The maximum Gasteiger partial charge on any atom is 0.512 e. The first-order valence-corrected chi connectivity index (χ1v) is 6.21. The molecule has 0 radical (unpaired) electrons. The van der Waals surface area contributed by atoms with Crippen LogP contribution in [0.2, 0.25) is 0 Å². The third-order valence-corrected chi connectivity index (χ3v) is 2.90. The Bertz CT molecular complexity index is 751. The summed E-state index contributed by atoms with van der Waals surface area (Å²) >= 11 is 0. The van der Waals surface area contributed by atoms with Crippen molar-refractivity contribution in [3.63, 3.8) is 0 Å². The van der Waals surface area contributed by atoms with Gasteiger partial charge in [0.15, 0.2) is 0 Å². The average Bonchev–Trinajstić information content (AvgIpc) is 2.96. The normalized spacial score (nSPS) is 10.3. The van der Waals surface area contributed by atoms with Crippen molar-refractivity contribution in [2.75, 3.05) is 0 Å². The minimum Gasteiger partial charge on any atom is -0.449 e. The van der Waals surface area contributed by atoms with Crippen molar-refractivity contribution in [3.05, 3.63) is 60.8 Å². The van der Waals surface area contributed by atoms with Crippen LogP contribution in [-0.4, -0.2) is 26.3 Å². The van der Waals surface area contributed by atoms with Gasteiger partial charge in [0.05, 0.1) is 11.9 Å². The van der Waals surface area contributed by atoms with E-state index in [1.165, 1.54) is 10.9 Å². The molecule has 0 aliphatic heterocycles. The van der Waals surface area contributed by atoms with Gasteiger partial charge in [-0.15, -0.1) is 0 Å². The van der Waals surface area contributed by atoms with Gasteiger partial charge in [-0.2, -0.15) is 0 Å². The van der Waals surface area contributed by atoms with E-state index in [2.05, 4.69) is 15.0 Å². The molecule has 0 spiro atoms. The van der Waals surface area contributed by atoms with Crippen molar-refractivity contribution in [1.82, 2.24) is 15.0 Å². The van der Waals surface area contributed by atoms with Gasteiger partial charge < -0.3 is 9.84 Å². The van der Waals surface area contributed by atoms with Gasteiger partial charge >= 0.3 is 6.16 Å². The quantitative estimate of drug-likeness (QED) is 0.747. The molecule has 0 unspecified atom stereocenters. The van der Waals surface area contributed by atoms with Gasteiger partial charge in [-0.25, -0.2) is 9.48 Å². The van der Waals surface area contributed by atoms with E-state index >= 15 is 0 Å². The van der Waals surface area contributed by atoms with E-state index in [1.54, 1.807) is 0 Å². The lowest BCUT2D eigenvalue weighted by Crippen LogP contribution is -2.02. The van der Waals surface area contributed by atoms with Crippen LogP contribution in [0.5, 0.6) is 5.88 Å². The molecule has 1 N–H and O–H groups in total. The van der Waals surface area contributed by atoms with Gasteiger partial charge in [-0.1, -0.05) is 52.8 Å². The Labute approximate surface area is 120 Å². The molecule has 2 aromatic carbocycles. The van der Waals surface area contributed by atoms with Crippen LogP contribution in [0.3, 0.4) is 0 Å². The Morgan fingerprint density at radius 2 is 1.67 bits per heavy atom. The lowest BCUT2D eigenvalue weighted by Gasteiger charge is -2.03. The zero-order chi connectivity index (χ0) is 14.7. The molecule has 0 saturated carbocycles. The minimum absolute atomic E-state index is 0.0605. The third-order valence-electron chi connectivity index (χ3n) is 2.90. The highest BCUT2D eigenvalue weighted by Crippen LogP contribution is 2.20. The SMILES string of the molecule is O=C(O)Oc1cn(-c2ccc(-c3ccccc3)cc2)nn1. The van der Waals surface area contributed by atoms with Gasteiger partial charge in [0.1, 0.15) is 0 Å². The average molecular weight is 281 g/mol. The second kappa shape index (κ2) is 5.46. The molecule has 1 heterocycles. The van der Waals surface area contributed by atoms with Gasteiger partial charge in [-0.3, -0.25) is 0 Å². The van der Waals surface area contributed by atoms with E-state index in [-0.39, 0.29) is 5.88 Å². The minimum atomic E-state index is -1.42. The molecule has 0 aliphatic rings. The maximum atomic E-state index is 10.4. The van der Waals surface area contributed by atoms with E-state index in [0.29, 0.717) is 0 Å². The fourth-order valence-corrected chi connectivity index (χ4v) is 1.95. The van der Waals surface area contributed by atoms with Gasteiger partial charge in [0, 0.05) is 0 Å². The van der Waals surface area contributed by atoms with Gasteiger partial charge in [0.25, 0.3) is 5.88 Å². The van der Waals surface area contributed by atoms with Crippen molar-refractivity contribution in [2.45, 2.75) is 0 Å². The van der Waals surface area contributed by atoms with Crippen LogP contribution in [0.1, 0.15) is 0 Å². The van der Waals surface area contributed by atoms with Crippen LogP contribution in [0.4, 0.5) is 4.79 Å². The molecule has 1 aromatic heterocycles. The summed E-state index contributed by atoms with van der Waals surface area (Å²) < 4.78 is 5.88. The number of ether oxygens (including phenoxy) is 1. The largest absolute Gasteiger partial charge is 0.512 e. The molecule has 6 nitrogen and oxygen atoms in total. The number of aromatic nitrogens is 3. The number of carbonyl (C=O) groups is 1. The van der Waals surface area contributed by atoms with Crippen LogP contribution < -0.4 is 4.74 Å². The standard InChI is InChI=1S/C15H11N3O3/c19-15(20)21-14-10-18(17-16-14)13-8-6-12(7-9-13)11-4-2-1-3-5-11/h1-10H,(H,19,20). The molecular formula is C15H11N3O3. The molecule has 3 aromatic rings. The summed E-state index contributed by atoms with van der Waals surface area (Å²) in [5.74, 6) is -0.0605. The van der Waals surface area contributed by atoms with Crippen molar-refractivity contribution in [1.29, 1.82) is 0 Å². The zero-order valence-corrected chi connectivity index (χ0v) is 10.9. The van der Waals surface area contributed by atoms with Crippen molar-refractivity contribution in [2.24, 2.45) is 0 Å². The predicted molar refractivity (Wildman–Crippen MR) is 75.4 cm³/mol. The zero-order valence-electron chi connectivity index (χ0n) is 10.9. The second-order valence-electron chi connectivity index (χ2n) is 4.28. The maximum absolute atomic E-state index is 10.4. The Kier molecular flexibility index (Phi) is 3.34. The van der Waals surface area contributed by atoms with Crippen LogP contribution >= 0.6 is 0 Å². The Morgan fingerprint density at radius 1 is 1.00 bits per heavy atom. The highest BCUT2D eigenvalue weighted by molar-refractivity contribution is 5.64. The fraction of sp³-hybridized carbons (Fsp3) is 0. The molecule has 0 amide bonds. The summed E-state index contributed by atoms with van der Waals surface area (Å²) in [5, 5.41) is 16.0. The number of nitrogens with zero attached hydrogens (tertiary/aromatic N) is 3. The number of carboxylic acid groups (broad SMARTS) is 1. The molecule has 104 valence electrons. The monoisotopic (exact) mass is 281 g/mol. The molecule has 0 fully saturated rings. The summed E-state index contributed by atoms with van der Waals surface area (Å²) in [6, 6.07) is 17.7. The smallest absolute Gasteiger partial charge is 0.449 e. The van der Waals surface area contributed by atoms with Crippen LogP contribution in [0.25, 0.3) is 16.8 Å². The van der Waals surface area contributed by atoms with Crippen LogP contribution in [0.15, 0.2) is 60.8 Å². The van der Waals surface area contributed by atoms with Crippen molar-refractivity contribution < 1.29 is 14.6 Å². The molecule has 21 heavy (non-hydrogen) atoms. The Hall–Kier alpha value is -3.15. The van der Waals surface area contributed by atoms with Crippen molar-refractivity contribution in [3.8, 4) is 22.7 Å². The molecule has 0 aliphatic carbocycles. The number of rotatable bonds is 3. The van der Waals surface area contributed by atoms with Gasteiger partial charge in [0.2, 0.25) is 0 Å². The number of benzene rings is 2.